The molecule has 0 aliphatic heterocycles. The first-order valence-electron chi connectivity index (χ1n) is 13.0. The van der Waals surface area contributed by atoms with E-state index in [-0.39, 0.29) is 23.0 Å². The number of carbonyl (C=O) groups is 1. The molecule has 0 amide bonds. The van der Waals surface area contributed by atoms with Crippen molar-refractivity contribution in [3.8, 4) is 0 Å². The first kappa shape index (κ1) is 27.7. The molecular formula is C29H29N7O4S. The number of carbonyl (C=O) groups excluding carboxylic acids is 1. The molecule has 3 aromatic heterocycles. The number of anilines is 1. The molecule has 0 radical (unpaired) electrons. The van der Waals surface area contributed by atoms with E-state index in [1.54, 1.807) is 37.3 Å². The van der Waals surface area contributed by atoms with Gasteiger partial charge in [0, 0.05) is 30.6 Å². The van der Waals surface area contributed by atoms with Gasteiger partial charge in [-0.1, -0.05) is 42.5 Å². The van der Waals surface area contributed by atoms with Crippen molar-refractivity contribution in [2.45, 2.75) is 24.7 Å². The molecule has 41 heavy (non-hydrogen) atoms. The number of hydrogen-bond acceptors (Lipinski definition) is 8. The van der Waals surface area contributed by atoms with Crippen LogP contribution in [0.4, 0.5) is 5.69 Å². The number of hydrogen-bond donors (Lipinski definition) is 2. The van der Waals surface area contributed by atoms with E-state index >= 15 is 0 Å². The highest BCUT2D eigenvalue weighted by molar-refractivity contribution is 7.93. The molecule has 0 unspecified atom stereocenters. The molecule has 3 N–H and O–H groups in total. The minimum Gasteiger partial charge on any atom is -0.465 e. The van der Waals surface area contributed by atoms with Crippen LogP contribution >= 0.6 is 0 Å². The second kappa shape index (κ2) is 11.3. The SMILES string of the molecule is CCOC(=O)CN(c1cnc2c(c1)nc(CCc1ccc(C(=N)N)cc1)n2C)S(=O)(=O)c1cccc2cccnc12. The summed E-state index contributed by atoms with van der Waals surface area (Å²) in [6, 6.07) is 17.5. The molecule has 0 bridgehead atoms. The molecule has 2 aromatic carbocycles. The number of nitrogens with zero attached hydrogens (tertiary/aromatic N) is 5. The van der Waals surface area contributed by atoms with E-state index in [9.17, 15) is 13.2 Å². The monoisotopic (exact) mass is 571 g/mol. The Kier molecular flexibility index (Phi) is 7.66. The van der Waals surface area contributed by atoms with Crippen molar-refractivity contribution in [3.63, 3.8) is 0 Å². The second-order valence-electron chi connectivity index (χ2n) is 9.38. The van der Waals surface area contributed by atoms with Gasteiger partial charge in [0.05, 0.1) is 24.0 Å². The third kappa shape index (κ3) is 5.59. The fourth-order valence-corrected chi connectivity index (χ4v) is 6.18. The minimum atomic E-state index is -4.25. The van der Waals surface area contributed by atoms with Crippen molar-refractivity contribution < 1.29 is 17.9 Å². The summed E-state index contributed by atoms with van der Waals surface area (Å²) >= 11 is 0. The van der Waals surface area contributed by atoms with Crippen LogP contribution in [0.1, 0.15) is 23.9 Å². The molecule has 0 saturated carbocycles. The Morgan fingerprint density at radius 1 is 1.07 bits per heavy atom. The first-order valence-corrected chi connectivity index (χ1v) is 14.4. The molecule has 5 rings (SSSR count). The number of nitrogen functional groups attached to an aromatic ring is 1. The Balaban J connectivity index is 1.50. The van der Waals surface area contributed by atoms with Gasteiger partial charge in [0.25, 0.3) is 10.0 Å². The third-order valence-electron chi connectivity index (χ3n) is 6.72. The van der Waals surface area contributed by atoms with Gasteiger partial charge >= 0.3 is 5.97 Å². The first-order chi connectivity index (χ1) is 19.7. The number of imidazole rings is 1. The van der Waals surface area contributed by atoms with Crippen molar-refractivity contribution in [1.29, 1.82) is 5.41 Å². The average Bonchev–Trinajstić information content (AvgIpc) is 3.29. The summed E-state index contributed by atoms with van der Waals surface area (Å²) in [6.07, 6.45) is 4.25. The van der Waals surface area contributed by atoms with Gasteiger partial charge in [0.15, 0.2) is 5.65 Å². The van der Waals surface area contributed by atoms with Crippen molar-refractivity contribution in [2.24, 2.45) is 12.8 Å². The van der Waals surface area contributed by atoms with Gasteiger partial charge in [-0.05, 0) is 37.1 Å². The zero-order valence-corrected chi connectivity index (χ0v) is 23.4. The number of amidine groups is 1. The maximum atomic E-state index is 14.0. The molecule has 3 heterocycles. The Morgan fingerprint density at radius 2 is 1.83 bits per heavy atom. The van der Waals surface area contributed by atoms with E-state index in [1.807, 2.05) is 35.9 Å². The lowest BCUT2D eigenvalue weighted by atomic mass is 10.1. The van der Waals surface area contributed by atoms with E-state index in [0.29, 0.717) is 40.5 Å². The third-order valence-corrected chi connectivity index (χ3v) is 8.52. The van der Waals surface area contributed by atoms with Crippen molar-refractivity contribution >= 4 is 49.6 Å². The number of nitrogens with one attached hydrogen (secondary N) is 1. The number of aromatic nitrogens is 4. The summed E-state index contributed by atoms with van der Waals surface area (Å²) in [5, 5.41) is 8.20. The van der Waals surface area contributed by atoms with Crippen LogP contribution in [-0.4, -0.2) is 52.9 Å². The summed E-state index contributed by atoms with van der Waals surface area (Å²) in [6.45, 7) is 1.23. The molecule has 0 fully saturated rings. The molecule has 210 valence electrons. The number of pyridine rings is 2. The number of ether oxygens (including phenoxy) is 1. The number of sulfonamides is 1. The van der Waals surface area contributed by atoms with Crippen molar-refractivity contribution in [3.05, 3.63) is 90.0 Å². The van der Waals surface area contributed by atoms with E-state index in [2.05, 4.69) is 9.97 Å². The topological polar surface area (TPSA) is 157 Å². The molecule has 11 nitrogen and oxygen atoms in total. The van der Waals surface area contributed by atoms with Gasteiger partial charge in [-0.3, -0.25) is 19.5 Å². The van der Waals surface area contributed by atoms with Gasteiger partial charge in [-0.15, -0.1) is 0 Å². The average molecular weight is 572 g/mol. The van der Waals surface area contributed by atoms with Crippen LogP contribution in [0.2, 0.25) is 0 Å². The van der Waals surface area contributed by atoms with E-state index in [1.165, 1.54) is 18.5 Å². The standard InChI is InChI=1S/C29H29N7O4S/c1-3-40-26(37)18-36(41(38,39)24-8-4-6-20-7-5-15-32-27(20)24)22-16-23-29(33-17-22)35(2)25(34-23)14-11-19-9-12-21(13-10-19)28(30)31/h4-10,12-13,15-17H,3,11,14,18H2,1-2H3,(H3,30,31). The fourth-order valence-electron chi connectivity index (χ4n) is 4.62. The number of para-hydroxylation sites is 1. The Morgan fingerprint density at radius 3 is 2.56 bits per heavy atom. The Hall–Kier alpha value is -4.84. The number of rotatable bonds is 10. The molecule has 5 aromatic rings. The van der Waals surface area contributed by atoms with Crippen molar-refractivity contribution in [2.75, 3.05) is 17.5 Å². The van der Waals surface area contributed by atoms with E-state index in [0.717, 1.165) is 15.7 Å². The second-order valence-corrected chi connectivity index (χ2v) is 11.2. The van der Waals surface area contributed by atoms with Gasteiger partial charge in [-0.25, -0.2) is 18.4 Å². The predicted molar refractivity (Wildman–Crippen MR) is 156 cm³/mol. The molecule has 12 heteroatoms. The van der Waals surface area contributed by atoms with E-state index in [4.69, 9.17) is 20.9 Å². The number of aryl methyl sites for hydroxylation is 3. The summed E-state index contributed by atoms with van der Waals surface area (Å²) in [5.74, 6) is 0.0877. The minimum absolute atomic E-state index is 0.0181. The largest absolute Gasteiger partial charge is 0.465 e. The molecule has 0 aliphatic carbocycles. The smallest absolute Gasteiger partial charge is 0.326 e. The highest BCUT2D eigenvalue weighted by Crippen LogP contribution is 2.29. The molecule has 0 atom stereocenters. The normalized spacial score (nSPS) is 11.6. The van der Waals surface area contributed by atoms with Crippen LogP contribution in [0, 0.1) is 5.41 Å². The molecule has 0 saturated heterocycles. The number of nitrogens with two attached hydrogens (primary N) is 1. The summed E-state index contributed by atoms with van der Waals surface area (Å²) < 4.78 is 36.0. The number of benzene rings is 2. The lowest BCUT2D eigenvalue weighted by Gasteiger charge is -2.23. The Labute approximate surface area is 237 Å². The summed E-state index contributed by atoms with van der Waals surface area (Å²) in [7, 11) is -2.40. The lowest BCUT2D eigenvalue weighted by molar-refractivity contribution is -0.141. The maximum Gasteiger partial charge on any atom is 0.326 e. The predicted octanol–water partition coefficient (Wildman–Crippen LogP) is 3.34. The zero-order valence-electron chi connectivity index (χ0n) is 22.6. The molecule has 0 spiro atoms. The quantitative estimate of drug-likeness (QED) is 0.147. The van der Waals surface area contributed by atoms with Gasteiger partial charge in [0.1, 0.15) is 28.6 Å². The van der Waals surface area contributed by atoms with Crippen LogP contribution in [0.5, 0.6) is 0 Å². The van der Waals surface area contributed by atoms with Crippen molar-refractivity contribution in [1.82, 2.24) is 19.5 Å². The van der Waals surface area contributed by atoms with Gasteiger partial charge in [-0.2, -0.15) is 0 Å². The summed E-state index contributed by atoms with van der Waals surface area (Å²) in [5.41, 5.74) is 8.82. The molecular weight excluding hydrogens is 542 g/mol. The van der Waals surface area contributed by atoms with Crippen LogP contribution in [0.3, 0.4) is 0 Å². The van der Waals surface area contributed by atoms with E-state index < -0.39 is 22.5 Å². The Bertz CT molecular complexity index is 1860. The highest BCUT2D eigenvalue weighted by atomic mass is 32.2. The van der Waals surface area contributed by atoms with Gasteiger partial charge < -0.3 is 15.0 Å². The molecule has 0 aliphatic rings. The fraction of sp³-hybridized carbons (Fsp3) is 0.207. The highest BCUT2D eigenvalue weighted by Gasteiger charge is 2.30. The zero-order chi connectivity index (χ0) is 29.1. The van der Waals surface area contributed by atoms with Gasteiger partial charge in [0.2, 0.25) is 0 Å². The van der Waals surface area contributed by atoms with Crippen LogP contribution in [-0.2, 0) is 39.4 Å². The van der Waals surface area contributed by atoms with Crippen LogP contribution in [0.25, 0.3) is 22.1 Å². The maximum absolute atomic E-state index is 14.0. The number of fused-ring (bicyclic) bond motifs is 2. The number of esters is 1. The lowest BCUT2D eigenvalue weighted by Crippen LogP contribution is -2.37. The van der Waals surface area contributed by atoms with Crippen LogP contribution < -0.4 is 10.0 Å². The summed E-state index contributed by atoms with van der Waals surface area (Å²) in [4.78, 5) is 26.1. The van der Waals surface area contributed by atoms with Crippen LogP contribution in [0.15, 0.2) is 78.0 Å².